The van der Waals surface area contributed by atoms with Gasteiger partial charge in [-0.05, 0) is 18.6 Å². The fourth-order valence-corrected chi connectivity index (χ4v) is 2.85. The number of hydrogen-bond acceptors (Lipinski definition) is 6. The van der Waals surface area contributed by atoms with E-state index in [0.717, 1.165) is 12.8 Å². The van der Waals surface area contributed by atoms with Crippen LogP contribution in [0.25, 0.3) is 0 Å². The fourth-order valence-electron chi connectivity index (χ4n) is 2.64. The van der Waals surface area contributed by atoms with Gasteiger partial charge in [-0.3, -0.25) is 14.9 Å². The Morgan fingerprint density at radius 3 is 2.78 bits per heavy atom. The molecule has 0 aliphatic carbocycles. The van der Waals surface area contributed by atoms with Crippen molar-refractivity contribution >= 4 is 28.9 Å². The SMILES string of the molecule is Cc1ccc([N+](=O)[O-])cc1NC(=O)c1cnc(OC2CCOCC2)c(Cl)c1. The Morgan fingerprint density at radius 2 is 2.11 bits per heavy atom. The third-order valence-electron chi connectivity index (χ3n) is 4.20. The van der Waals surface area contributed by atoms with Crippen LogP contribution in [0.15, 0.2) is 30.5 Å². The Kier molecular flexibility index (Phi) is 5.88. The average Bonchev–Trinajstić information content (AvgIpc) is 2.65. The van der Waals surface area contributed by atoms with Gasteiger partial charge in [0.15, 0.2) is 0 Å². The van der Waals surface area contributed by atoms with Crippen LogP contribution in [-0.2, 0) is 4.74 Å². The monoisotopic (exact) mass is 391 g/mol. The van der Waals surface area contributed by atoms with E-state index in [9.17, 15) is 14.9 Å². The van der Waals surface area contributed by atoms with Crippen molar-refractivity contribution < 1.29 is 19.2 Å². The van der Waals surface area contributed by atoms with E-state index in [-0.39, 0.29) is 28.3 Å². The zero-order chi connectivity index (χ0) is 19.4. The zero-order valence-electron chi connectivity index (χ0n) is 14.6. The molecule has 0 saturated carbocycles. The van der Waals surface area contributed by atoms with Gasteiger partial charge in [0.05, 0.1) is 29.4 Å². The van der Waals surface area contributed by atoms with Crippen molar-refractivity contribution in [3.63, 3.8) is 0 Å². The molecule has 0 radical (unpaired) electrons. The maximum Gasteiger partial charge on any atom is 0.271 e. The lowest BCUT2D eigenvalue weighted by Crippen LogP contribution is -2.26. The number of halogens is 1. The van der Waals surface area contributed by atoms with E-state index in [1.807, 2.05) is 0 Å². The van der Waals surface area contributed by atoms with Crippen molar-refractivity contribution in [3.8, 4) is 5.88 Å². The smallest absolute Gasteiger partial charge is 0.271 e. The number of aromatic nitrogens is 1. The van der Waals surface area contributed by atoms with Crippen molar-refractivity contribution in [2.45, 2.75) is 25.9 Å². The second-order valence-corrected chi connectivity index (χ2v) is 6.56. The number of nitrogens with zero attached hydrogens (tertiary/aromatic N) is 2. The minimum Gasteiger partial charge on any atom is -0.473 e. The number of nitrogens with one attached hydrogen (secondary N) is 1. The molecule has 1 saturated heterocycles. The highest BCUT2D eigenvalue weighted by Gasteiger charge is 2.19. The Bertz CT molecular complexity index is 868. The number of benzene rings is 1. The quantitative estimate of drug-likeness (QED) is 0.614. The van der Waals surface area contributed by atoms with Gasteiger partial charge in [-0.1, -0.05) is 17.7 Å². The van der Waals surface area contributed by atoms with E-state index in [1.54, 1.807) is 13.0 Å². The number of nitro groups is 1. The van der Waals surface area contributed by atoms with E-state index in [0.29, 0.717) is 24.5 Å². The summed E-state index contributed by atoms with van der Waals surface area (Å²) in [5, 5.41) is 13.8. The van der Waals surface area contributed by atoms with Crippen LogP contribution >= 0.6 is 11.6 Å². The molecule has 1 aliphatic rings. The molecule has 3 rings (SSSR count). The minimum absolute atomic E-state index is 0.0176. The number of carbonyl (C=O) groups excluding carboxylic acids is 1. The largest absolute Gasteiger partial charge is 0.473 e. The van der Waals surface area contributed by atoms with Crippen LogP contribution in [0.4, 0.5) is 11.4 Å². The zero-order valence-corrected chi connectivity index (χ0v) is 15.4. The fraction of sp³-hybridized carbons (Fsp3) is 0.333. The molecule has 0 spiro atoms. The van der Waals surface area contributed by atoms with Gasteiger partial charge >= 0.3 is 0 Å². The van der Waals surface area contributed by atoms with Gasteiger partial charge in [0.1, 0.15) is 11.1 Å². The standard InChI is InChI=1S/C18H18ClN3O5/c1-11-2-3-13(22(24)25)9-16(11)21-17(23)12-8-15(19)18(20-10-12)27-14-4-6-26-7-5-14/h2-3,8-10,14H,4-7H2,1H3,(H,21,23). The maximum atomic E-state index is 12.5. The average molecular weight is 392 g/mol. The molecular formula is C18H18ClN3O5. The second kappa shape index (κ2) is 8.32. The molecule has 0 bridgehead atoms. The summed E-state index contributed by atoms with van der Waals surface area (Å²) in [7, 11) is 0. The lowest BCUT2D eigenvalue weighted by Gasteiger charge is -2.23. The molecular weight excluding hydrogens is 374 g/mol. The number of hydrogen-bond donors (Lipinski definition) is 1. The van der Waals surface area contributed by atoms with Gasteiger partial charge in [0.2, 0.25) is 5.88 Å². The summed E-state index contributed by atoms with van der Waals surface area (Å²) in [5.74, 6) is -0.197. The highest BCUT2D eigenvalue weighted by atomic mass is 35.5. The number of anilines is 1. The molecule has 2 heterocycles. The van der Waals surface area contributed by atoms with Crippen LogP contribution < -0.4 is 10.1 Å². The highest BCUT2D eigenvalue weighted by molar-refractivity contribution is 6.32. The van der Waals surface area contributed by atoms with E-state index in [2.05, 4.69) is 10.3 Å². The Hall–Kier alpha value is -2.71. The number of rotatable bonds is 5. The first-order valence-electron chi connectivity index (χ1n) is 8.40. The van der Waals surface area contributed by atoms with Crippen LogP contribution in [0.1, 0.15) is 28.8 Å². The lowest BCUT2D eigenvalue weighted by atomic mass is 10.1. The lowest BCUT2D eigenvalue weighted by molar-refractivity contribution is -0.384. The van der Waals surface area contributed by atoms with Gasteiger partial charge in [0, 0.05) is 31.2 Å². The van der Waals surface area contributed by atoms with E-state index < -0.39 is 10.8 Å². The summed E-state index contributed by atoms with van der Waals surface area (Å²) < 4.78 is 11.0. The molecule has 2 aromatic rings. The summed E-state index contributed by atoms with van der Waals surface area (Å²) in [5.41, 5.74) is 1.18. The summed E-state index contributed by atoms with van der Waals surface area (Å²) in [4.78, 5) is 27.0. The van der Waals surface area contributed by atoms with Crippen molar-refractivity contribution in [3.05, 3.63) is 56.7 Å². The van der Waals surface area contributed by atoms with Crippen molar-refractivity contribution in [1.82, 2.24) is 4.98 Å². The van der Waals surface area contributed by atoms with Gasteiger partial charge in [-0.25, -0.2) is 4.98 Å². The van der Waals surface area contributed by atoms with Crippen molar-refractivity contribution in [1.29, 1.82) is 0 Å². The van der Waals surface area contributed by atoms with E-state index in [1.165, 1.54) is 24.4 Å². The molecule has 1 amide bonds. The van der Waals surface area contributed by atoms with Crippen LogP contribution in [0.2, 0.25) is 5.02 Å². The van der Waals surface area contributed by atoms with Crippen LogP contribution in [-0.4, -0.2) is 35.1 Å². The molecule has 8 nitrogen and oxygen atoms in total. The predicted molar refractivity (Wildman–Crippen MR) is 99.5 cm³/mol. The Balaban J connectivity index is 1.72. The number of ether oxygens (including phenoxy) is 2. The third-order valence-corrected chi connectivity index (χ3v) is 4.47. The summed E-state index contributed by atoms with van der Waals surface area (Å²) in [6, 6.07) is 5.73. The second-order valence-electron chi connectivity index (χ2n) is 6.15. The number of non-ortho nitro benzene ring substituents is 1. The van der Waals surface area contributed by atoms with Gasteiger partial charge in [-0.2, -0.15) is 0 Å². The first-order chi connectivity index (χ1) is 12.9. The summed E-state index contributed by atoms with van der Waals surface area (Å²) in [6.07, 6.45) is 2.86. The summed E-state index contributed by atoms with van der Waals surface area (Å²) in [6.45, 7) is 3.01. The first-order valence-corrected chi connectivity index (χ1v) is 8.78. The molecule has 1 fully saturated rings. The van der Waals surface area contributed by atoms with Gasteiger partial charge < -0.3 is 14.8 Å². The molecule has 1 aromatic heterocycles. The van der Waals surface area contributed by atoms with E-state index >= 15 is 0 Å². The normalized spacial score (nSPS) is 14.6. The van der Waals surface area contributed by atoms with Crippen molar-refractivity contribution in [2.24, 2.45) is 0 Å². The predicted octanol–water partition coefficient (Wildman–Crippen LogP) is 3.76. The molecule has 1 N–H and O–H groups in total. The van der Waals surface area contributed by atoms with Crippen LogP contribution in [0, 0.1) is 17.0 Å². The Morgan fingerprint density at radius 1 is 1.37 bits per heavy atom. The molecule has 0 unspecified atom stereocenters. The topological polar surface area (TPSA) is 104 Å². The van der Waals surface area contributed by atoms with E-state index in [4.69, 9.17) is 21.1 Å². The molecule has 1 aromatic carbocycles. The number of aryl methyl sites for hydroxylation is 1. The molecule has 27 heavy (non-hydrogen) atoms. The minimum atomic E-state index is -0.518. The summed E-state index contributed by atoms with van der Waals surface area (Å²) >= 11 is 6.21. The maximum absolute atomic E-state index is 12.5. The highest BCUT2D eigenvalue weighted by Crippen LogP contribution is 2.27. The van der Waals surface area contributed by atoms with Gasteiger partial charge in [-0.15, -0.1) is 0 Å². The number of carbonyl (C=O) groups is 1. The van der Waals surface area contributed by atoms with Gasteiger partial charge in [0.25, 0.3) is 11.6 Å². The number of nitro benzene ring substituents is 1. The van der Waals surface area contributed by atoms with Crippen molar-refractivity contribution in [2.75, 3.05) is 18.5 Å². The molecule has 9 heteroatoms. The molecule has 0 atom stereocenters. The first kappa shape index (κ1) is 19.1. The third kappa shape index (κ3) is 4.72. The Labute approximate surface area is 160 Å². The van der Waals surface area contributed by atoms with Crippen LogP contribution in [0.5, 0.6) is 5.88 Å². The number of amides is 1. The molecule has 142 valence electrons. The molecule has 1 aliphatic heterocycles. The number of pyridine rings is 1. The van der Waals surface area contributed by atoms with Crippen LogP contribution in [0.3, 0.4) is 0 Å².